The normalized spacial score (nSPS) is 19.3. The molecular formula is C72H121NO10. The summed E-state index contributed by atoms with van der Waals surface area (Å²) in [6.45, 7) is 5.59. The van der Waals surface area contributed by atoms with E-state index < -0.39 is 67.4 Å². The van der Waals surface area contributed by atoms with E-state index in [0.717, 1.165) is 83.5 Å². The highest BCUT2D eigenvalue weighted by Crippen LogP contribution is 2.26. The minimum Gasteiger partial charge on any atom is -0.454 e. The Bertz CT molecular complexity index is 1810. The van der Waals surface area contributed by atoms with Crippen molar-refractivity contribution in [2.24, 2.45) is 0 Å². The number of rotatable bonds is 55. The Morgan fingerprint density at radius 1 is 0.494 bits per heavy atom. The molecule has 0 aromatic heterocycles. The average molecular weight is 1160 g/mol. The fourth-order valence-corrected chi connectivity index (χ4v) is 9.75. The molecule has 1 rings (SSSR count). The van der Waals surface area contributed by atoms with Gasteiger partial charge >= 0.3 is 5.97 Å². The van der Waals surface area contributed by atoms with Crippen LogP contribution in [-0.4, -0.2) is 99.6 Å². The molecule has 0 aromatic rings. The van der Waals surface area contributed by atoms with Crippen LogP contribution < -0.4 is 5.32 Å². The molecule has 1 amide bonds. The van der Waals surface area contributed by atoms with Gasteiger partial charge in [-0.25, -0.2) is 0 Å². The van der Waals surface area contributed by atoms with Crippen molar-refractivity contribution < 1.29 is 49.3 Å². The molecule has 6 N–H and O–H groups in total. The summed E-state index contributed by atoms with van der Waals surface area (Å²) in [4.78, 5) is 26.6. The average Bonchev–Trinajstić information content (AvgIpc) is 3.69. The molecule has 474 valence electrons. The van der Waals surface area contributed by atoms with Crippen molar-refractivity contribution in [3.8, 4) is 0 Å². The molecule has 83 heavy (non-hydrogen) atoms. The molecule has 0 aromatic carbocycles. The maximum Gasteiger partial charge on any atom is 0.306 e. The highest BCUT2D eigenvalue weighted by molar-refractivity contribution is 5.80. The number of aliphatic hydroxyl groups is 5. The van der Waals surface area contributed by atoms with Crippen molar-refractivity contribution in [3.05, 3.63) is 122 Å². The summed E-state index contributed by atoms with van der Waals surface area (Å²) in [5.74, 6) is -1.25. The summed E-state index contributed by atoms with van der Waals surface area (Å²) in [5, 5.41) is 57.1. The number of amides is 1. The number of nitrogens with one attached hydrogen (secondary N) is 1. The Kier molecular flexibility index (Phi) is 54.3. The van der Waals surface area contributed by atoms with E-state index in [0.29, 0.717) is 12.8 Å². The highest BCUT2D eigenvalue weighted by atomic mass is 16.7. The Hall–Kier alpha value is -3.94. The lowest BCUT2D eigenvalue weighted by molar-refractivity contribution is -0.305. The van der Waals surface area contributed by atoms with E-state index in [1.54, 1.807) is 6.08 Å². The van der Waals surface area contributed by atoms with Crippen LogP contribution in [-0.2, 0) is 23.8 Å². The molecule has 8 atom stereocenters. The second kappa shape index (κ2) is 58.4. The SMILES string of the molecule is CC\C=C/C=C/C=C/C=C\C=C\C=C\CCCCCC(=O)OC1C(OCC(NC(=O)C(O)CCCCCCCCCCCCCCC/C=C\C/C=C\C/C=C\CCCCC)C(O)/C=C/CCCCCCCCCCC)OC(CO)C(O)C1O. The number of hydrogen-bond acceptors (Lipinski definition) is 10. The first-order valence-corrected chi connectivity index (χ1v) is 33.4. The van der Waals surface area contributed by atoms with Gasteiger partial charge in [0.25, 0.3) is 0 Å². The van der Waals surface area contributed by atoms with Crippen LogP contribution in [0, 0.1) is 0 Å². The molecule has 11 nitrogen and oxygen atoms in total. The maximum atomic E-state index is 13.5. The van der Waals surface area contributed by atoms with Gasteiger partial charge in [0.1, 0.15) is 24.4 Å². The van der Waals surface area contributed by atoms with E-state index >= 15 is 0 Å². The monoisotopic (exact) mass is 1160 g/mol. The zero-order chi connectivity index (χ0) is 60.3. The molecule has 0 aliphatic carbocycles. The largest absolute Gasteiger partial charge is 0.454 e. The van der Waals surface area contributed by atoms with Crippen LogP contribution in [0.1, 0.15) is 258 Å². The molecule has 1 aliphatic heterocycles. The van der Waals surface area contributed by atoms with Crippen LogP contribution in [0.5, 0.6) is 0 Å². The van der Waals surface area contributed by atoms with Gasteiger partial charge in [-0.3, -0.25) is 9.59 Å². The minimum absolute atomic E-state index is 0.0663. The first-order chi connectivity index (χ1) is 40.7. The molecule has 1 heterocycles. The van der Waals surface area contributed by atoms with E-state index in [4.69, 9.17) is 14.2 Å². The van der Waals surface area contributed by atoms with Crippen molar-refractivity contribution in [3.63, 3.8) is 0 Å². The number of carbonyl (C=O) groups excluding carboxylic acids is 2. The third-order valence-electron chi connectivity index (χ3n) is 15.0. The molecule has 1 saturated heterocycles. The Morgan fingerprint density at radius 2 is 0.916 bits per heavy atom. The van der Waals surface area contributed by atoms with Gasteiger partial charge in [0.15, 0.2) is 12.4 Å². The fourth-order valence-electron chi connectivity index (χ4n) is 9.75. The number of esters is 1. The smallest absolute Gasteiger partial charge is 0.306 e. The predicted molar refractivity (Wildman–Crippen MR) is 347 cm³/mol. The zero-order valence-corrected chi connectivity index (χ0v) is 52.5. The maximum absolute atomic E-state index is 13.5. The molecule has 0 saturated carbocycles. The van der Waals surface area contributed by atoms with Gasteiger partial charge in [0.2, 0.25) is 5.91 Å². The summed E-state index contributed by atoms with van der Waals surface area (Å²) < 4.78 is 17.6. The van der Waals surface area contributed by atoms with Gasteiger partial charge < -0.3 is 45.1 Å². The Labute approximate surface area is 506 Å². The van der Waals surface area contributed by atoms with Gasteiger partial charge in [-0.15, -0.1) is 0 Å². The fraction of sp³-hybridized carbons (Fsp3) is 0.694. The summed E-state index contributed by atoms with van der Waals surface area (Å²) >= 11 is 0. The summed E-state index contributed by atoms with van der Waals surface area (Å²) in [6.07, 6.45) is 71.0. The molecule has 0 spiro atoms. The van der Waals surface area contributed by atoms with Crippen molar-refractivity contribution in [2.75, 3.05) is 13.2 Å². The van der Waals surface area contributed by atoms with Crippen LogP contribution in [0.25, 0.3) is 0 Å². The van der Waals surface area contributed by atoms with Crippen LogP contribution in [0.4, 0.5) is 0 Å². The Balaban J connectivity index is 2.60. The van der Waals surface area contributed by atoms with Crippen molar-refractivity contribution in [1.82, 2.24) is 5.32 Å². The standard InChI is InChI=1S/C72H121NO10/c1-4-7-10-13-16-19-22-24-26-28-29-30-31-32-33-34-35-36-38-39-41-44-47-50-53-56-59-65(76)71(80)73-63(64(75)58-55-52-49-46-43-21-18-15-12-9-6-3)62-81-72-70(69(79)68(78)66(61-74)82-72)83-67(77)60-57-54-51-48-45-42-40-37-27-25-23-20-17-14-11-8-5-2/h8,11,14,16-17,19-20,23-27,29-30,37,40,42,45,55,58,63-66,68-70,72,74-76,78-79H,4-7,9-10,12-13,15,18,21-22,28,31-36,38-39,41,43-44,46-54,56-57,59-62H2,1-3H3,(H,73,80)/b11-8-,17-14+,19-16-,23-20+,26-24-,27-25-,30-29-,40-37+,45-42+,58-55+. The molecule has 1 fully saturated rings. The number of unbranched alkanes of at least 4 members (excludes halogenated alkanes) is 28. The van der Waals surface area contributed by atoms with E-state index in [-0.39, 0.29) is 19.4 Å². The molecule has 1 aliphatic rings. The minimum atomic E-state index is -1.64. The van der Waals surface area contributed by atoms with Crippen LogP contribution in [0.2, 0.25) is 0 Å². The second-order valence-corrected chi connectivity index (χ2v) is 22.6. The predicted octanol–water partition coefficient (Wildman–Crippen LogP) is 16.6. The van der Waals surface area contributed by atoms with Crippen molar-refractivity contribution in [2.45, 2.75) is 307 Å². The summed E-state index contributed by atoms with van der Waals surface area (Å²) in [6, 6.07) is -1.04. The van der Waals surface area contributed by atoms with Gasteiger partial charge in [-0.1, -0.05) is 290 Å². The lowest BCUT2D eigenvalue weighted by atomic mass is 9.99. The highest BCUT2D eigenvalue weighted by Gasteiger charge is 2.47. The van der Waals surface area contributed by atoms with Crippen molar-refractivity contribution in [1.29, 1.82) is 0 Å². The second-order valence-electron chi connectivity index (χ2n) is 22.6. The topological polar surface area (TPSA) is 175 Å². The molecule has 0 bridgehead atoms. The van der Waals surface area contributed by atoms with Crippen LogP contribution in [0.15, 0.2) is 122 Å². The van der Waals surface area contributed by atoms with Gasteiger partial charge in [-0.2, -0.15) is 0 Å². The lowest BCUT2D eigenvalue weighted by Crippen LogP contribution is -2.61. The molecular weight excluding hydrogens is 1040 g/mol. The van der Waals surface area contributed by atoms with E-state index in [2.05, 4.69) is 74.7 Å². The zero-order valence-electron chi connectivity index (χ0n) is 52.5. The van der Waals surface area contributed by atoms with Gasteiger partial charge in [0, 0.05) is 6.42 Å². The lowest BCUT2D eigenvalue weighted by Gasteiger charge is -2.41. The first-order valence-electron chi connectivity index (χ1n) is 33.4. The number of hydrogen-bond donors (Lipinski definition) is 6. The van der Waals surface area contributed by atoms with E-state index in [9.17, 15) is 35.1 Å². The number of aliphatic hydroxyl groups excluding tert-OH is 5. The third kappa shape index (κ3) is 46.0. The van der Waals surface area contributed by atoms with E-state index in [1.807, 2.05) is 66.8 Å². The third-order valence-corrected chi connectivity index (χ3v) is 15.0. The number of allylic oxidation sites excluding steroid dienone is 19. The molecule has 11 heteroatoms. The molecule has 8 unspecified atom stereocenters. The van der Waals surface area contributed by atoms with Crippen LogP contribution >= 0.6 is 0 Å². The summed E-state index contributed by atoms with van der Waals surface area (Å²) in [5.41, 5.74) is 0. The number of carbonyl (C=O) groups is 2. The molecule has 0 radical (unpaired) electrons. The first kappa shape index (κ1) is 77.1. The van der Waals surface area contributed by atoms with Crippen LogP contribution in [0.3, 0.4) is 0 Å². The van der Waals surface area contributed by atoms with Gasteiger partial charge in [0.05, 0.1) is 25.4 Å². The quantitative estimate of drug-likeness (QED) is 0.0149. The summed E-state index contributed by atoms with van der Waals surface area (Å²) in [7, 11) is 0. The van der Waals surface area contributed by atoms with Gasteiger partial charge in [-0.05, 0) is 83.5 Å². The Morgan fingerprint density at radius 3 is 1.43 bits per heavy atom. The van der Waals surface area contributed by atoms with E-state index in [1.165, 1.54) is 128 Å². The van der Waals surface area contributed by atoms with Crippen molar-refractivity contribution >= 4 is 11.9 Å². The number of ether oxygens (including phenoxy) is 3.